The van der Waals surface area contributed by atoms with Gasteiger partial charge in [0.05, 0.1) is 23.1 Å². The third kappa shape index (κ3) is 4.56. The van der Waals surface area contributed by atoms with Crippen LogP contribution in [0.2, 0.25) is 0 Å². The minimum atomic E-state index is -2.85. The van der Waals surface area contributed by atoms with E-state index in [2.05, 4.69) is 9.97 Å². The fraction of sp³-hybridized carbons (Fsp3) is 0.462. The minimum Gasteiger partial charge on any atom is -0.389 e. The average Bonchev–Trinajstić information content (AvgIpc) is 3.21. The van der Waals surface area contributed by atoms with Crippen LogP contribution in [0.25, 0.3) is 11.0 Å². The molecule has 0 spiro atoms. The summed E-state index contributed by atoms with van der Waals surface area (Å²) < 4.78 is 48.4. The maximum absolute atomic E-state index is 14.0. The first kappa shape index (κ1) is 17.8. The zero-order chi connectivity index (χ0) is 26.5. The number of amides is 1. The van der Waals surface area contributed by atoms with Crippen LogP contribution in [0.1, 0.15) is 61.4 Å². The molecule has 1 aliphatic rings. The third-order valence-electron chi connectivity index (χ3n) is 6.14. The molecule has 0 aliphatic heterocycles. The number of aryl methyl sites for hydroxylation is 2. The number of carbonyl (C=O) groups excluding carboxylic acids is 1. The molecule has 1 amide bonds. The molecule has 0 saturated carbocycles. The lowest BCUT2D eigenvalue weighted by Crippen LogP contribution is -2.47. The van der Waals surface area contributed by atoms with Gasteiger partial charge in [0.15, 0.2) is 0 Å². The highest BCUT2D eigenvalue weighted by molar-refractivity contribution is 5.77. The van der Waals surface area contributed by atoms with Gasteiger partial charge < -0.3 is 15.0 Å². The van der Waals surface area contributed by atoms with Gasteiger partial charge in [0.1, 0.15) is 11.6 Å². The topological polar surface area (TPSA) is 69.2 Å². The lowest BCUT2D eigenvalue weighted by molar-refractivity contribution is -0.137. The molecule has 0 bridgehead atoms. The van der Waals surface area contributed by atoms with E-state index in [1.807, 2.05) is 24.3 Å². The van der Waals surface area contributed by atoms with Gasteiger partial charge in [-0.1, -0.05) is 32.0 Å². The van der Waals surface area contributed by atoms with Crippen molar-refractivity contribution in [3.63, 3.8) is 0 Å². The van der Waals surface area contributed by atoms with Crippen LogP contribution in [0.15, 0.2) is 42.5 Å². The van der Waals surface area contributed by atoms with Crippen LogP contribution in [0.3, 0.4) is 0 Å². The van der Waals surface area contributed by atoms with Gasteiger partial charge in [-0.05, 0) is 60.5 Å². The van der Waals surface area contributed by atoms with Crippen LogP contribution in [0, 0.1) is 11.7 Å². The van der Waals surface area contributed by atoms with Crippen molar-refractivity contribution in [1.29, 1.82) is 0 Å². The maximum atomic E-state index is 14.0. The molecular weight excluding hydrogens is 405 g/mol. The Labute approximate surface area is 194 Å². The number of imidazole rings is 1. The van der Waals surface area contributed by atoms with Crippen molar-refractivity contribution >= 4 is 16.9 Å². The minimum absolute atomic E-state index is 0.123. The van der Waals surface area contributed by atoms with Crippen LogP contribution >= 0.6 is 0 Å². The lowest BCUT2D eigenvalue weighted by atomic mass is 9.66. The summed E-state index contributed by atoms with van der Waals surface area (Å²) in [4.78, 5) is 22.4. The highest BCUT2D eigenvalue weighted by atomic mass is 19.1. The Balaban J connectivity index is 1.53. The van der Waals surface area contributed by atoms with Crippen molar-refractivity contribution in [1.82, 2.24) is 14.9 Å². The number of benzene rings is 2. The first-order valence-corrected chi connectivity index (χ1v) is 11.0. The van der Waals surface area contributed by atoms with Gasteiger partial charge in [0, 0.05) is 31.4 Å². The molecule has 4 rings (SSSR count). The van der Waals surface area contributed by atoms with E-state index in [-0.39, 0.29) is 11.5 Å². The van der Waals surface area contributed by atoms with Crippen molar-refractivity contribution in [3.8, 4) is 0 Å². The lowest BCUT2D eigenvalue weighted by Gasteiger charge is -2.43. The molecule has 2 aromatic carbocycles. The monoisotopic (exact) mass is 441 g/mol. The summed E-state index contributed by atoms with van der Waals surface area (Å²) in [6.45, 7) is 3.92. The molecule has 0 saturated heterocycles. The Morgan fingerprint density at radius 3 is 2.91 bits per heavy atom. The fourth-order valence-corrected chi connectivity index (χ4v) is 4.58. The number of hydrogen-bond acceptors (Lipinski definition) is 3. The predicted octanol–water partition coefficient (Wildman–Crippen LogP) is 4.60. The standard InChI is InChI=1S/C26H32FN3O2/c1-17(2)25-20-11-10-19(27)15-18(20)12-13-26(25,32)16-24(31)30(3)14-6-9-23-28-21-7-4-5-8-22(21)29-23/h4-5,7-8,10-11,15,17,25,32H,6,9,12-14,16H2,1-3H3,(H,28,29)/t25-,26+/m0/s1/i12D2,13D2. The summed E-state index contributed by atoms with van der Waals surface area (Å²) in [6.07, 6.45) is -4.94. The van der Waals surface area contributed by atoms with Crippen molar-refractivity contribution < 1.29 is 19.8 Å². The third-order valence-corrected chi connectivity index (χ3v) is 6.14. The van der Waals surface area contributed by atoms with E-state index in [4.69, 9.17) is 5.48 Å². The van der Waals surface area contributed by atoms with Crippen LogP contribution in [-0.2, 0) is 17.6 Å². The van der Waals surface area contributed by atoms with E-state index in [0.29, 0.717) is 24.9 Å². The second-order valence-electron chi connectivity index (χ2n) is 8.92. The molecule has 170 valence electrons. The fourth-order valence-electron chi connectivity index (χ4n) is 4.58. The number of para-hydroxylation sites is 2. The van der Waals surface area contributed by atoms with Gasteiger partial charge in [0.2, 0.25) is 5.91 Å². The molecule has 0 radical (unpaired) electrons. The van der Waals surface area contributed by atoms with Crippen molar-refractivity contribution in [2.45, 2.75) is 57.4 Å². The second kappa shape index (κ2) is 9.02. The van der Waals surface area contributed by atoms with Crippen LogP contribution in [0.5, 0.6) is 0 Å². The first-order valence-electron chi connectivity index (χ1n) is 13.0. The van der Waals surface area contributed by atoms with Gasteiger partial charge in [-0.25, -0.2) is 9.37 Å². The summed E-state index contributed by atoms with van der Waals surface area (Å²) in [7, 11) is 1.59. The SMILES string of the molecule is [2H]C1([2H])c2cc(F)ccc2[C@H](C(C)C)[C@](O)(CC(=O)N(C)CCCc2nc3ccccc3[nH]2)C1([2H])[2H]. The number of hydrogen-bond donors (Lipinski definition) is 2. The van der Waals surface area contributed by atoms with Crippen LogP contribution in [-0.4, -0.2) is 45.1 Å². The maximum Gasteiger partial charge on any atom is 0.225 e. The van der Waals surface area contributed by atoms with Crippen molar-refractivity contribution in [3.05, 3.63) is 65.2 Å². The summed E-state index contributed by atoms with van der Waals surface area (Å²) in [6, 6.07) is 11.3. The number of rotatable bonds is 7. The number of nitrogens with zero attached hydrogens (tertiary/aromatic N) is 2. The Morgan fingerprint density at radius 2 is 2.16 bits per heavy atom. The molecule has 2 atom stereocenters. The van der Waals surface area contributed by atoms with E-state index in [1.165, 1.54) is 17.0 Å². The quantitative estimate of drug-likeness (QED) is 0.563. The smallest absolute Gasteiger partial charge is 0.225 e. The molecule has 1 aromatic heterocycles. The van der Waals surface area contributed by atoms with Crippen LogP contribution in [0.4, 0.5) is 4.39 Å². The molecule has 6 heteroatoms. The molecule has 0 fully saturated rings. The van der Waals surface area contributed by atoms with E-state index >= 15 is 0 Å². The Hall–Kier alpha value is -2.73. The van der Waals surface area contributed by atoms with Crippen molar-refractivity contribution in [2.24, 2.45) is 5.92 Å². The number of H-pyrrole nitrogens is 1. The Bertz CT molecular complexity index is 1250. The van der Waals surface area contributed by atoms with Gasteiger partial charge in [-0.15, -0.1) is 0 Å². The summed E-state index contributed by atoms with van der Waals surface area (Å²) in [5.74, 6) is -1.60. The van der Waals surface area contributed by atoms with E-state index in [9.17, 15) is 14.3 Å². The van der Waals surface area contributed by atoms with Gasteiger partial charge in [-0.3, -0.25) is 4.79 Å². The second-order valence-corrected chi connectivity index (χ2v) is 8.92. The highest BCUT2D eigenvalue weighted by Gasteiger charge is 2.45. The molecule has 1 heterocycles. The molecule has 1 aliphatic carbocycles. The average molecular weight is 442 g/mol. The number of halogens is 1. The summed E-state index contributed by atoms with van der Waals surface area (Å²) in [5.41, 5.74) is -0.322. The first-order chi connectivity index (χ1) is 16.8. The molecule has 0 unspecified atom stereocenters. The largest absolute Gasteiger partial charge is 0.389 e. The van der Waals surface area contributed by atoms with E-state index in [0.717, 1.165) is 22.9 Å². The zero-order valence-corrected chi connectivity index (χ0v) is 18.7. The highest BCUT2D eigenvalue weighted by Crippen LogP contribution is 2.45. The number of fused-ring (bicyclic) bond motifs is 2. The van der Waals surface area contributed by atoms with Crippen molar-refractivity contribution in [2.75, 3.05) is 13.6 Å². The molecule has 2 N–H and O–H groups in total. The number of carbonyl (C=O) groups is 1. The predicted molar refractivity (Wildman–Crippen MR) is 124 cm³/mol. The zero-order valence-electron chi connectivity index (χ0n) is 22.7. The van der Waals surface area contributed by atoms with E-state index in [1.54, 1.807) is 20.9 Å². The number of aromatic nitrogens is 2. The van der Waals surface area contributed by atoms with Gasteiger partial charge >= 0.3 is 0 Å². The molecule has 32 heavy (non-hydrogen) atoms. The van der Waals surface area contributed by atoms with Crippen LogP contribution < -0.4 is 0 Å². The molecular formula is C26H32FN3O2. The summed E-state index contributed by atoms with van der Waals surface area (Å²) >= 11 is 0. The Morgan fingerprint density at radius 1 is 1.38 bits per heavy atom. The van der Waals surface area contributed by atoms with E-state index < -0.39 is 42.4 Å². The summed E-state index contributed by atoms with van der Waals surface area (Å²) in [5, 5.41) is 11.8. The molecule has 5 nitrogen and oxygen atoms in total. The molecule has 3 aromatic rings. The normalized spacial score (nSPS) is 25.5. The number of aliphatic hydroxyl groups is 1. The number of nitrogens with one attached hydrogen (secondary N) is 1. The number of aromatic amines is 1. The van der Waals surface area contributed by atoms with Gasteiger partial charge in [-0.2, -0.15) is 0 Å². The van der Waals surface area contributed by atoms with Gasteiger partial charge in [0.25, 0.3) is 0 Å². The Kier molecular flexibility index (Phi) is 5.01.